The van der Waals surface area contributed by atoms with Crippen LogP contribution in [0.25, 0.3) is 86.2 Å². The zero-order chi connectivity index (χ0) is 60.1. The maximum Gasteiger partial charge on any atom is 0.0540 e. The van der Waals surface area contributed by atoms with Gasteiger partial charge in [-0.05, 0) is 214 Å². The highest BCUT2D eigenvalue weighted by Gasteiger charge is 2.26. The van der Waals surface area contributed by atoms with Gasteiger partial charge >= 0.3 is 0 Å². The zero-order valence-corrected chi connectivity index (χ0v) is 50.7. The third kappa shape index (κ3) is 8.51. The fourth-order valence-corrected chi connectivity index (χ4v) is 14.5. The monoisotopic (exact) mass is 1150 g/mol. The largest absolute Gasteiger partial charge is 0.310 e. The highest BCUT2D eigenvalue weighted by atomic mass is 15.2. The van der Waals surface area contributed by atoms with Crippen LogP contribution in [0.15, 0.2) is 303 Å². The van der Waals surface area contributed by atoms with E-state index in [2.05, 4.69) is 351 Å². The van der Waals surface area contributed by atoms with E-state index in [0.717, 1.165) is 68.2 Å². The summed E-state index contributed by atoms with van der Waals surface area (Å²) in [6.45, 7) is 8.61. The van der Waals surface area contributed by atoms with Crippen molar-refractivity contribution in [2.75, 3.05) is 19.6 Å². The van der Waals surface area contributed by atoms with E-state index >= 15 is 0 Å². The minimum atomic E-state index is 1.07. The second-order valence-electron chi connectivity index (χ2n) is 24.3. The first-order valence-corrected chi connectivity index (χ1v) is 31.2. The summed E-state index contributed by atoms with van der Waals surface area (Å²) < 4.78 is 0. The van der Waals surface area contributed by atoms with Gasteiger partial charge in [0.15, 0.2) is 0 Å². The molecule has 0 radical (unpaired) electrons. The first-order chi connectivity index (χ1) is 44.3. The molecule has 0 aliphatic rings. The molecule has 0 fully saturated rings. The van der Waals surface area contributed by atoms with Crippen molar-refractivity contribution in [1.29, 1.82) is 0 Å². The summed E-state index contributed by atoms with van der Waals surface area (Å²) in [5.41, 5.74) is 18.3. The summed E-state index contributed by atoms with van der Waals surface area (Å²) >= 11 is 0. The molecule has 0 aromatic heterocycles. The molecule has 17 aromatic rings. The number of para-hydroxylation sites is 2. The van der Waals surface area contributed by atoms with E-state index in [4.69, 9.17) is 0 Å². The molecule has 0 unspecified atom stereocenters. The molecule has 0 spiro atoms. The van der Waals surface area contributed by atoms with Crippen molar-refractivity contribution in [3.8, 4) is 0 Å². The van der Waals surface area contributed by atoms with Crippen LogP contribution in [0.2, 0.25) is 0 Å². The number of nitrogens with zero attached hydrogens (tertiary/aromatic N) is 4. The third-order valence-electron chi connectivity index (χ3n) is 18.8. The highest BCUT2D eigenvalue weighted by Crippen LogP contribution is 2.52. The van der Waals surface area contributed by atoms with Crippen LogP contribution >= 0.6 is 0 Å². The maximum absolute atomic E-state index is 2.44. The number of rotatable bonds is 12. The van der Waals surface area contributed by atoms with E-state index < -0.39 is 0 Å². The molecule has 0 aliphatic heterocycles. The van der Waals surface area contributed by atoms with Gasteiger partial charge in [-0.15, -0.1) is 0 Å². The minimum absolute atomic E-state index is 1.07. The Hall–Kier alpha value is -11.5. The SMILES string of the molecule is Cc1ccc(N(c2ccc(C)cc2)c2ccc3c4cccc5c(N(c6ccccc6)c6ccc(N(c7ccccc7)c7ccc8c9cccc%10c(N(c%11ccc(C)cc%11)c%11ccc(C)cc%11)ccc(c%11cccc7c%118)c%109)cc6)ccc(c6cccc2c63)c54)cc1. The van der Waals surface area contributed by atoms with Crippen LogP contribution in [-0.2, 0) is 0 Å². The van der Waals surface area contributed by atoms with Crippen LogP contribution in [0.5, 0.6) is 0 Å². The Bertz CT molecular complexity index is 5070. The zero-order valence-electron chi connectivity index (χ0n) is 50.7. The average Bonchev–Trinajstić information content (AvgIpc) is 0.738. The Morgan fingerprint density at radius 1 is 0.144 bits per heavy atom. The number of anilines is 12. The summed E-state index contributed by atoms with van der Waals surface area (Å²) in [5, 5.41) is 19.9. The van der Waals surface area contributed by atoms with Crippen molar-refractivity contribution >= 4 is 154 Å². The molecule has 4 heteroatoms. The smallest absolute Gasteiger partial charge is 0.0540 e. The summed E-state index contributed by atoms with van der Waals surface area (Å²) in [6.07, 6.45) is 0. The molecule has 0 saturated heterocycles. The second kappa shape index (κ2) is 21.2. The summed E-state index contributed by atoms with van der Waals surface area (Å²) in [5.74, 6) is 0. The molecule has 4 nitrogen and oxygen atoms in total. The van der Waals surface area contributed by atoms with Gasteiger partial charge in [0, 0.05) is 67.0 Å². The number of benzene rings is 17. The second-order valence-corrected chi connectivity index (χ2v) is 24.3. The fourth-order valence-electron chi connectivity index (χ4n) is 14.5. The van der Waals surface area contributed by atoms with Gasteiger partial charge in [0.1, 0.15) is 0 Å². The summed E-state index contributed by atoms with van der Waals surface area (Å²) in [4.78, 5) is 9.70. The Morgan fingerprint density at radius 2 is 0.322 bits per heavy atom. The minimum Gasteiger partial charge on any atom is -0.310 e. The van der Waals surface area contributed by atoms with Gasteiger partial charge in [-0.2, -0.15) is 0 Å². The van der Waals surface area contributed by atoms with Crippen molar-refractivity contribution in [2.24, 2.45) is 0 Å². The summed E-state index contributed by atoms with van der Waals surface area (Å²) in [6, 6.07) is 113. The Labute approximate surface area is 524 Å². The lowest BCUT2D eigenvalue weighted by molar-refractivity contribution is 1.27. The average molecular weight is 1150 g/mol. The molecule has 426 valence electrons. The lowest BCUT2D eigenvalue weighted by atomic mass is 9.88. The van der Waals surface area contributed by atoms with E-state index in [-0.39, 0.29) is 0 Å². The number of aryl methyl sites for hydroxylation is 4. The van der Waals surface area contributed by atoms with Gasteiger partial charge in [0.25, 0.3) is 0 Å². The predicted octanol–water partition coefficient (Wildman–Crippen LogP) is 24.9. The van der Waals surface area contributed by atoms with Crippen molar-refractivity contribution in [3.05, 3.63) is 326 Å². The summed E-state index contributed by atoms with van der Waals surface area (Å²) in [7, 11) is 0. The first-order valence-electron chi connectivity index (χ1n) is 31.2. The Balaban J connectivity index is 0.796. The quantitative estimate of drug-likeness (QED) is 0.0893. The number of fused-ring (bicyclic) bond motifs is 4. The number of hydrogen-bond donors (Lipinski definition) is 0. The van der Waals surface area contributed by atoms with Crippen LogP contribution in [0.1, 0.15) is 22.3 Å². The van der Waals surface area contributed by atoms with Gasteiger partial charge in [-0.25, -0.2) is 0 Å². The van der Waals surface area contributed by atoms with Crippen molar-refractivity contribution in [2.45, 2.75) is 27.7 Å². The van der Waals surface area contributed by atoms with Crippen LogP contribution < -0.4 is 19.6 Å². The molecule has 90 heavy (non-hydrogen) atoms. The van der Waals surface area contributed by atoms with Crippen LogP contribution in [0, 0.1) is 27.7 Å². The van der Waals surface area contributed by atoms with Crippen molar-refractivity contribution < 1.29 is 0 Å². The highest BCUT2D eigenvalue weighted by molar-refractivity contribution is 6.37. The lowest BCUT2D eigenvalue weighted by Crippen LogP contribution is -2.13. The molecule has 0 atom stereocenters. The molecule has 0 bridgehead atoms. The van der Waals surface area contributed by atoms with Crippen molar-refractivity contribution in [1.82, 2.24) is 0 Å². The Kier molecular flexibility index (Phi) is 12.4. The molecule has 0 heterocycles. The molecule has 17 rings (SSSR count). The number of hydrogen-bond acceptors (Lipinski definition) is 4. The van der Waals surface area contributed by atoms with Gasteiger partial charge < -0.3 is 19.6 Å². The van der Waals surface area contributed by atoms with Gasteiger partial charge in [-0.3, -0.25) is 0 Å². The van der Waals surface area contributed by atoms with Gasteiger partial charge in [-0.1, -0.05) is 204 Å². The van der Waals surface area contributed by atoms with E-state index in [9.17, 15) is 0 Å². The lowest BCUT2D eigenvalue weighted by Gasteiger charge is -2.30. The standard InChI is InChI=1S/C86H62N4/c1-55-27-35-61(36-28-55)89(62-37-29-56(2)30-38-62)81-53-49-73-67-19-11-23-75-79(51-47-71(83(67)75)69-21-13-25-77(81)85(69)73)87(59-15-7-5-8-16-59)65-43-45-66(46-44-65)88(60-17-9-6-10-18-60)80-52-48-72-70-22-14-26-78-82(54-50-74(86(70)78)68-20-12-24-76(80)84(68)72)90(63-39-31-57(3)32-40-63)64-41-33-58(4)34-42-64/h5-54H,1-4H3. The maximum atomic E-state index is 2.44. The molecule has 17 aromatic carbocycles. The normalized spacial score (nSPS) is 11.8. The van der Waals surface area contributed by atoms with Gasteiger partial charge in [0.2, 0.25) is 0 Å². The van der Waals surface area contributed by atoms with Crippen LogP contribution in [0.3, 0.4) is 0 Å². The van der Waals surface area contributed by atoms with Crippen LogP contribution in [-0.4, -0.2) is 0 Å². The molecule has 0 saturated carbocycles. The molecule has 0 N–H and O–H groups in total. The van der Waals surface area contributed by atoms with E-state index in [0.29, 0.717) is 0 Å². The molecule has 0 amide bonds. The predicted molar refractivity (Wildman–Crippen MR) is 387 cm³/mol. The van der Waals surface area contributed by atoms with E-state index in [1.165, 1.54) is 108 Å². The molecule has 0 aliphatic carbocycles. The third-order valence-corrected chi connectivity index (χ3v) is 18.8. The topological polar surface area (TPSA) is 13.0 Å². The van der Waals surface area contributed by atoms with Gasteiger partial charge in [0.05, 0.1) is 22.7 Å². The van der Waals surface area contributed by atoms with Crippen LogP contribution in [0.4, 0.5) is 68.2 Å². The Morgan fingerprint density at radius 3 is 0.544 bits per heavy atom. The molecular formula is C86H62N4. The fraction of sp³-hybridized carbons (Fsp3) is 0.0465. The van der Waals surface area contributed by atoms with E-state index in [1.807, 2.05) is 0 Å². The molecular weight excluding hydrogens is 1090 g/mol. The van der Waals surface area contributed by atoms with Crippen molar-refractivity contribution in [3.63, 3.8) is 0 Å². The first kappa shape index (κ1) is 52.8. The van der Waals surface area contributed by atoms with E-state index in [1.54, 1.807) is 0 Å².